The van der Waals surface area contributed by atoms with Gasteiger partial charge in [0.15, 0.2) is 0 Å². The van der Waals surface area contributed by atoms with Crippen molar-refractivity contribution >= 4 is 21.8 Å². The van der Waals surface area contributed by atoms with Crippen LogP contribution < -0.4 is 10.0 Å². The van der Waals surface area contributed by atoms with Gasteiger partial charge in [0.05, 0.1) is 6.26 Å². The molecule has 1 aromatic heterocycles. The Kier molecular flexibility index (Phi) is 7.11. The molecule has 0 amide bonds. The second-order valence-electron chi connectivity index (χ2n) is 4.01. The minimum absolute atomic E-state index is 0.268. The number of carbonyl (C=O) groups is 1. The van der Waals surface area contributed by atoms with Crippen LogP contribution in [-0.4, -0.2) is 37.9 Å². The maximum absolute atomic E-state index is 11.3. The lowest BCUT2D eigenvalue weighted by Gasteiger charge is -2.18. The van der Waals surface area contributed by atoms with Gasteiger partial charge in [-0.1, -0.05) is 0 Å². The maximum atomic E-state index is 11.3. The second-order valence-corrected chi connectivity index (χ2v) is 6.03. The Balaban J connectivity index is 0.000000621. The quantitative estimate of drug-likeness (QED) is 0.606. The van der Waals surface area contributed by atoms with E-state index in [0.717, 1.165) is 28.6 Å². The molecule has 114 valence electrons. The summed E-state index contributed by atoms with van der Waals surface area (Å²) >= 11 is 0. The largest absolute Gasteiger partial charge is 0.339 e. The van der Waals surface area contributed by atoms with Crippen molar-refractivity contribution < 1.29 is 23.4 Å². The van der Waals surface area contributed by atoms with Crippen LogP contribution in [0.5, 0.6) is 0 Å². The van der Waals surface area contributed by atoms with Gasteiger partial charge in [0.2, 0.25) is 10.0 Å². The Labute approximate surface area is 118 Å². The summed E-state index contributed by atoms with van der Waals surface area (Å²) < 4.78 is 23.8. The van der Waals surface area contributed by atoms with Crippen LogP contribution in [0.1, 0.15) is 18.1 Å². The molecule has 0 saturated carbocycles. The molecule has 0 aliphatic rings. The van der Waals surface area contributed by atoms with E-state index in [1.165, 1.54) is 7.05 Å². The molecule has 0 saturated heterocycles. The highest BCUT2D eigenvalue weighted by atomic mass is 32.2. The van der Waals surface area contributed by atoms with E-state index in [-0.39, 0.29) is 6.54 Å². The molecule has 0 bridgehead atoms. The van der Waals surface area contributed by atoms with Gasteiger partial charge in [0, 0.05) is 32.3 Å². The van der Waals surface area contributed by atoms with E-state index in [1.807, 2.05) is 13.0 Å². The molecule has 0 atom stereocenters. The number of aryl methyl sites for hydroxylation is 1. The van der Waals surface area contributed by atoms with Crippen LogP contribution in [0.4, 0.5) is 5.82 Å². The van der Waals surface area contributed by atoms with Crippen LogP contribution in [-0.2, 0) is 26.3 Å². The Morgan fingerprint density at radius 3 is 2.40 bits per heavy atom. The SMILES string of the molecule is CC(=O)OO.Cc1cnc(N(C)S(C)(=O)=O)c(CN)c1. The van der Waals surface area contributed by atoms with Gasteiger partial charge in [-0.2, -0.15) is 5.26 Å². The van der Waals surface area contributed by atoms with Gasteiger partial charge >= 0.3 is 5.97 Å². The lowest BCUT2D eigenvalue weighted by molar-refractivity contribution is -0.231. The minimum atomic E-state index is -3.29. The van der Waals surface area contributed by atoms with E-state index in [0.29, 0.717) is 5.82 Å². The fourth-order valence-electron chi connectivity index (χ4n) is 1.21. The lowest BCUT2D eigenvalue weighted by atomic mass is 10.2. The number of rotatable bonds is 3. The molecule has 0 aromatic carbocycles. The maximum Gasteiger partial charge on any atom is 0.339 e. The first-order valence-corrected chi connectivity index (χ1v) is 7.39. The van der Waals surface area contributed by atoms with Crippen LogP contribution in [0.25, 0.3) is 0 Å². The minimum Gasteiger partial charge on any atom is -0.326 e. The van der Waals surface area contributed by atoms with Crippen molar-refractivity contribution in [2.75, 3.05) is 17.6 Å². The number of sulfonamides is 1. The van der Waals surface area contributed by atoms with Gasteiger partial charge in [-0.3, -0.25) is 4.31 Å². The van der Waals surface area contributed by atoms with Gasteiger partial charge in [0.1, 0.15) is 5.82 Å². The Hall–Kier alpha value is -1.71. The molecule has 0 aliphatic carbocycles. The zero-order chi connectivity index (χ0) is 15.9. The van der Waals surface area contributed by atoms with Crippen molar-refractivity contribution in [2.45, 2.75) is 20.4 Å². The number of hydrogen-bond donors (Lipinski definition) is 2. The highest BCUT2D eigenvalue weighted by molar-refractivity contribution is 7.92. The third-order valence-corrected chi connectivity index (χ3v) is 3.39. The van der Waals surface area contributed by atoms with Crippen molar-refractivity contribution in [3.05, 3.63) is 23.4 Å². The fourth-order valence-corrected chi connectivity index (χ4v) is 1.69. The van der Waals surface area contributed by atoms with E-state index < -0.39 is 16.0 Å². The molecule has 0 fully saturated rings. The molecular weight excluding hydrogens is 286 g/mol. The van der Waals surface area contributed by atoms with Crippen LogP contribution in [0.3, 0.4) is 0 Å². The number of carbonyl (C=O) groups excluding carboxylic acids is 1. The molecule has 20 heavy (non-hydrogen) atoms. The highest BCUT2D eigenvalue weighted by Crippen LogP contribution is 2.18. The van der Waals surface area contributed by atoms with E-state index >= 15 is 0 Å². The van der Waals surface area contributed by atoms with Crippen molar-refractivity contribution in [3.63, 3.8) is 0 Å². The summed E-state index contributed by atoms with van der Waals surface area (Å²) in [6.07, 6.45) is 2.75. The summed E-state index contributed by atoms with van der Waals surface area (Å²) in [6, 6.07) is 1.84. The molecule has 1 heterocycles. The molecule has 0 spiro atoms. The second kappa shape index (κ2) is 7.78. The summed E-state index contributed by atoms with van der Waals surface area (Å²) in [5, 5.41) is 7.29. The topological polar surface area (TPSA) is 123 Å². The van der Waals surface area contributed by atoms with E-state index in [9.17, 15) is 13.2 Å². The number of anilines is 1. The average molecular weight is 305 g/mol. The first kappa shape index (κ1) is 18.3. The first-order chi connectivity index (χ1) is 9.13. The zero-order valence-corrected chi connectivity index (χ0v) is 12.6. The molecule has 9 heteroatoms. The third kappa shape index (κ3) is 5.95. The van der Waals surface area contributed by atoms with Gasteiger partial charge in [-0.05, 0) is 18.6 Å². The van der Waals surface area contributed by atoms with Crippen LogP contribution in [0.2, 0.25) is 0 Å². The van der Waals surface area contributed by atoms with Crippen molar-refractivity contribution in [1.82, 2.24) is 4.98 Å². The van der Waals surface area contributed by atoms with E-state index in [1.54, 1.807) is 6.20 Å². The molecule has 0 radical (unpaired) electrons. The third-order valence-electron chi connectivity index (χ3n) is 2.22. The molecular formula is C11H19N3O5S. The number of nitrogens with zero attached hydrogens (tertiary/aromatic N) is 2. The lowest BCUT2D eigenvalue weighted by Crippen LogP contribution is -2.27. The standard InChI is InChI=1S/C9H15N3O2S.C2H4O3/c1-7-4-8(5-10)9(11-6-7)12(2)15(3,13)14;1-2(3)5-4/h4,6H,5,10H2,1-3H3;4H,1H3. The van der Waals surface area contributed by atoms with Crippen molar-refractivity contribution in [1.29, 1.82) is 0 Å². The molecule has 1 aromatic rings. The van der Waals surface area contributed by atoms with Gasteiger partial charge in [0.25, 0.3) is 0 Å². The molecule has 3 N–H and O–H groups in total. The number of nitrogens with two attached hydrogens (primary N) is 1. The summed E-state index contributed by atoms with van der Waals surface area (Å²) in [5.74, 6) is -0.296. The zero-order valence-electron chi connectivity index (χ0n) is 11.8. The first-order valence-electron chi connectivity index (χ1n) is 5.55. The van der Waals surface area contributed by atoms with Gasteiger partial charge in [-0.15, -0.1) is 0 Å². The fraction of sp³-hybridized carbons (Fsp3) is 0.455. The van der Waals surface area contributed by atoms with Crippen molar-refractivity contribution in [2.24, 2.45) is 5.73 Å². The van der Waals surface area contributed by atoms with E-state index in [2.05, 4.69) is 9.87 Å². The van der Waals surface area contributed by atoms with Crippen LogP contribution in [0, 0.1) is 6.92 Å². The van der Waals surface area contributed by atoms with Gasteiger partial charge in [-0.25, -0.2) is 18.2 Å². The van der Waals surface area contributed by atoms with Crippen LogP contribution >= 0.6 is 0 Å². The Morgan fingerprint density at radius 1 is 1.55 bits per heavy atom. The molecule has 1 rings (SSSR count). The number of pyridine rings is 1. The number of aromatic nitrogens is 1. The normalized spacial score (nSPS) is 10.3. The summed E-state index contributed by atoms with van der Waals surface area (Å²) in [5.41, 5.74) is 7.22. The molecule has 0 aliphatic heterocycles. The highest BCUT2D eigenvalue weighted by Gasteiger charge is 2.16. The average Bonchev–Trinajstić information content (AvgIpc) is 2.37. The van der Waals surface area contributed by atoms with Crippen molar-refractivity contribution in [3.8, 4) is 0 Å². The summed E-state index contributed by atoms with van der Waals surface area (Å²) in [4.78, 5) is 16.5. The predicted molar refractivity (Wildman–Crippen MR) is 74.5 cm³/mol. The Bertz CT molecular complexity index is 559. The predicted octanol–water partition coefficient (Wildman–Crippen LogP) is 0.267. The van der Waals surface area contributed by atoms with Gasteiger partial charge < -0.3 is 10.6 Å². The monoisotopic (exact) mass is 305 g/mol. The summed E-state index contributed by atoms with van der Waals surface area (Å²) in [6.45, 7) is 3.26. The smallest absolute Gasteiger partial charge is 0.326 e. The summed E-state index contributed by atoms with van der Waals surface area (Å²) in [7, 11) is -1.82. The van der Waals surface area contributed by atoms with Crippen LogP contribution in [0.15, 0.2) is 12.3 Å². The molecule has 8 nitrogen and oxygen atoms in total. The Morgan fingerprint density at radius 2 is 2.05 bits per heavy atom. The molecule has 0 unspecified atom stereocenters. The van der Waals surface area contributed by atoms with E-state index in [4.69, 9.17) is 11.0 Å². The number of hydrogen-bond acceptors (Lipinski definition) is 7.